The molecule has 0 saturated carbocycles. The van der Waals surface area contributed by atoms with E-state index in [9.17, 15) is 0 Å². The molecule has 0 spiro atoms. The summed E-state index contributed by atoms with van der Waals surface area (Å²) < 4.78 is 6.99. The summed E-state index contributed by atoms with van der Waals surface area (Å²) in [4.78, 5) is 4.25. The summed E-state index contributed by atoms with van der Waals surface area (Å²) in [5, 5.41) is 4.76. The molecule has 0 aliphatic carbocycles. The summed E-state index contributed by atoms with van der Waals surface area (Å²) in [6, 6.07) is 5.28. The highest BCUT2D eigenvalue weighted by Crippen LogP contribution is 2.29. The molecule has 0 aliphatic heterocycles. The van der Waals surface area contributed by atoms with Crippen LogP contribution >= 0.6 is 23.2 Å². The number of nitrogen functional groups attached to an aromatic ring is 1. The van der Waals surface area contributed by atoms with Crippen molar-refractivity contribution in [1.29, 1.82) is 0 Å². The average Bonchev–Trinajstić information content (AvgIpc) is 2.87. The molecule has 2 heterocycles. The zero-order chi connectivity index (χ0) is 13.6. The van der Waals surface area contributed by atoms with Gasteiger partial charge in [0.25, 0.3) is 0 Å². The van der Waals surface area contributed by atoms with E-state index in [1.54, 1.807) is 16.7 Å². The first-order valence-corrected chi connectivity index (χ1v) is 6.33. The molecule has 0 bridgehead atoms. The molecular weight excluding hydrogens is 287 g/mol. The summed E-state index contributed by atoms with van der Waals surface area (Å²) in [7, 11) is 0. The summed E-state index contributed by atoms with van der Waals surface area (Å²) in [5.41, 5.74) is 8.23. The Bertz CT molecular complexity index is 763. The van der Waals surface area contributed by atoms with Crippen molar-refractivity contribution < 1.29 is 4.52 Å². The van der Waals surface area contributed by atoms with Gasteiger partial charge in [-0.2, -0.15) is 0 Å². The van der Waals surface area contributed by atoms with Gasteiger partial charge in [0.05, 0.1) is 33.3 Å². The minimum absolute atomic E-state index is 0.377. The highest BCUT2D eigenvalue weighted by atomic mass is 35.5. The second kappa shape index (κ2) is 4.43. The fraction of sp³-hybridized carbons (Fsp3) is 0.167. The average molecular weight is 297 g/mol. The highest BCUT2D eigenvalue weighted by Gasteiger charge is 2.13. The van der Waals surface area contributed by atoms with E-state index >= 15 is 0 Å². The zero-order valence-corrected chi connectivity index (χ0v) is 11.5. The number of imidazole rings is 1. The predicted molar refractivity (Wildman–Crippen MR) is 74.5 cm³/mol. The molecule has 0 radical (unpaired) electrons. The molecular formula is C12H10Cl2N4O. The maximum absolute atomic E-state index is 6.03. The fourth-order valence-corrected chi connectivity index (χ4v) is 2.27. The van der Waals surface area contributed by atoms with Gasteiger partial charge in [0.15, 0.2) is 5.76 Å². The van der Waals surface area contributed by atoms with Gasteiger partial charge in [0.2, 0.25) is 5.95 Å². The third kappa shape index (κ3) is 2.15. The molecule has 19 heavy (non-hydrogen) atoms. The first-order chi connectivity index (χ1) is 9.04. The fourth-order valence-electron chi connectivity index (χ4n) is 1.95. The molecule has 98 valence electrons. The van der Waals surface area contributed by atoms with Gasteiger partial charge in [0.1, 0.15) is 0 Å². The van der Waals surface area contributed by atoms with Gasteiger partial charge in [-0.1, -0.05) is 28.4 Å². The predicted octanol–water partition coefficient (Wildman–Crippen LogP) is 3.27. The Kier molecular flexibility index (Phi) is 2.88. The topological polar surface area (TPSA) is 69.9 Å². The van der Waals surface area contributed by atoms with Crippen LogP contribution in [0.2, 0.25) is 10.0 Å². The minimum atomic E-state index is 0.377. The quantitative estimate of drug-likeness (QED) is 0.788. The molecule has 0 amide bonds. The molecule has 0 unspecified atom stereocenters. The monoisotopic (exact) mass is 296 g/mol. The number of benzene rings is 1. The molecule has 0 fully saturated rings. The molecule has 0 aliphatic rings. The number of hydrogen-bond acceptors (Lipinski definition) is 4. The number of aromatic nitrogens is 3. The number of halogens is 2. The van der Waals surface area contributed by atoms with E-state index in [0.29, 0.717) is 33.8 Å². The van der Waals surface area contributed by atoms with Gasteiger partial charge in [-0.15, -0.1) is 0 Å². The van der Waals surface area contributed by atoms with Crippen LogP contribution in [-0.2, 0) is 6.54 Å². The highest BCUT2D eigenvalue weighted by molar-refractivity contribution is 6.42. The van der Waals surface area contributed by atoms with Crippen molar-refractivity contribution >= 4 is 40.2 Å². The van der Waals surface area contributed by atoms with E-state index in [2.05, 4.69) is 10.1 Å². The zero-order valence-electron chi connectivity index (χ0n) is 10.0. The summed E-state index contributed by atoms with van der Waals surface area (Å²) in [6.07, 6.45) is 0. The normalized spacial score (nSPS) is 11.3. The second-order valence-electron chi connectivity index (χ2n) is 4.25. The van der Waals surface area contributed by atoms with Crippen molar-refractivity contribution in [1.82, 2.24) is 14.7 Å². The lowest BCUT2D eigenvalue weighted by atomic mass is 10.3. The second-order valence-corrected chi connectivity index (χ2v) is 5.06. The van der Waals surface area contributed by atoms with E-state index in [0.717, 1.165) is 11.2 Å². The third-order valence-corrected chi connectivity index (χ3v) is 3.53. The van der Waals surface area contributed by atoms with Gasteiger partial charge < -0.3 is 14.8 Å². The van der Waals surface area contributed by atoms with Gasteiger partial charge in [0, 0.05) is 6.07 Å². The molecule has 5 nitrogen and oxygen atoms in total. The van der Waals surface area contributed by atoms with Crippen molar-refractivity contribution in [2.24, 2.45) is 0 Å². The van der Waals surface area contributed by atoms with E-state index in [1.165, 1.54) is 0 Å². The van der Waals surface area contributed by atoms with E-state index in [-0.39, 0.29) is 0 Å². The van der Waals surface area contributed by atoms with Gasteiger partial charge in [-0.3, -0.25) is 0 Å². The Morgan fingerprint density at radius 3 is 2.68 bits per heavy atom. The lowest BCUT2D eigenvalue weighted by molar-refractivity contribution is 0.374. The number of fused-ring (bicyclic) bond motifs is 1. The molecule has 7 heteroatoms. The number of anilines is 1. The van der Waals surface area contributed by atoms with Crippen LogP contribution in [0.15, 0.2) is 22.7 Å². The van der Waals surface area contributed by atoms with E-state index in [1.807, 2.05) is 13.0 Å². The van der Waals surface area contributed by atoms with Gasteiger partial charge in [-0.05, 0) is 19.1 Å². The molecule has 0 atom stereocenters. The van der Waals surface area contributed by atoms with Gasteiger partial charge in [-0.25, -0.2) is 4.98 Å². The van der Waals surface area contributed by atoms with Crippen molar-refractivity contribution in [2.75, 3.05) is 5.73 Å². The largest absolute Gasteiger partial charge is 0.369 e. The number of hydrogen-bond donors (Lipinski definition) is 1. The maximum atomic E-state index is 6.03. The molecule has 3 aromatic rings. The third-order valence-electron chi connectivity index (χ3n) is 2.81. The molecule has 2 aromatic heterocycles. The molecule has 2 N–H and O–H groups in total. The Labute approximate surface area is 118 Å². The van der Waals surface area contributed by atoms with Crippen LogP contribution in [0, 0.1) is 6.92 Å². The minimum Gasteiger partial charge on any atom is -0.369 e. The van der Waals surface area contributed by atoms with Crippen LogP contribution in [0.4, 0.5) is 5.95 Å². The maximum Gasteiger partial charge on any atom is 0.201 e. The standard InChI is InChI=1S/C12H10Cl2N4O/c1-6-2-7(19-17-6)5-18-11-4-9(14)8(13)3-10(11)16-12(18)15/h2-4H,5H2,1H3,(H2,15,16). The summed E-state index contributed by atoms with van der Waals surface area (Å²) >= 11 is 12.0. The Balaban J connectivity index is 2.12. The Morgan fingerprint density at radius 2 is 2.00 bits per heavy atom. The van der Waals surface area contributed by atoms with Crippen molar-refractivity contribution in [3.8, 4) is 0 Å². The number of aryl methyl sites for hydroxylation is 1. The number of nitrogens with two attached hydrogens (primary N) is 1. The first-order valence-electron chi connectivity index (χ1n) is 5.57. The number of nitrogens with zero attached hydrogens (tertiary/aromatic N) is 3. The van der Waals surface area contributed by atoms with Crippen LogP contribution in [0.25, 0.3) is 11.0 Å². The first kappa shape index (κ1) is 12.3. The Hall–Kier alpha value is -1.72. The lowest BCUT2D eigenvalue weighted by Gasteiger charge is -2.03. The number of rotatable bonds is 2. The summed E-state index contributed by atoms with van der Waals surface area (Å²) in [6.45, 7) is 2.31. The van der Waals surface area contributed by atoms with Crippen LogP contribution in [0.5, 0.6) is 0 Å². The van der Waals surface area contributed by atoms with Gasteiger partial charge >= 0.3 is 0 Å². The van der Waals surface area contributed by atoms with Crippen LogP contribution < -0.4 is 5.73 Å². The van der Waals surface area contributed by atoms with E-state index in [4.69, 9.17) is 33.5 Å². The van der Waals surface area contributed by atoms with Crippen LogP contribution in [0.1, 0.15) is 11.5 Å². The molecule has 3 rings (SSSR count). The summed E-state index contributed by atoms with van der Waals surface area (Å²) in [5.74, 6) is 1.08. The lowest BCUT2D eigenvalue weighted by Crippen LogP contribution is -2.03. The SMILES string of the molecule is Cc1cc(Cn2c(N)nc3cc(Cl)c(Cl)cc32)on1. The van der Waals surface area contributed by atoms with Crippen LogP contribution in [-0.4, -0.2) is 14.7 Å². The smallest absolute Gasteiger partial charge is 0.201 e. The van der Waals surface area contributed by atoms with Crippen molar-refractivity contribution in [3.63, 3.8) is 0 Å². The van der Waals surface area contributed by atoms with Crippen molar-refractivity contribution in [3.05, 3.63) is 39.7 Å². The Morgan fingerprint density at radius 1 is 1.26 bits per heavy atom. The van der Waals surface area contributed by atoms with Crippen LogP contribution in [0.3, 0.4) is 0 Å². The molecule has 0 saturated heterocycles. The van der Waals surface area contributed by atoms with E-state index < -0.39 is 0 Å². The van der Waals surface area contributed by atoms with Crippen molar-refractivity contribution in [2.45, 2.75) is 13.5 Å². The molecule has 1 aromatic carbocycles.